The van der Waals surface area contributed by atoms with Gasteiger partial charge in [-0.2, -0.15) is 0 Å². The Kier molecular flexibility index (Phi) is 4.63. The van der Waals surface area contributed by atoms with Crippen LogP contribution in [0.4, 0.5) is 8.78 Å². The maximum absolute atomic E-state index is 13.8. The van der Waals surface area contributed by atoms with Crippen LogP contribution in [0.15, 0.2) is 30.3 Å². The number of aliphatic hydroxyl groups is 1. The second-order valence-electron chi connectivity index (χ2n) is 4.52. The van der Waals surface area contributed by atoms with E-state index >= 15 is 0 Å². The summed E-state index contributed by atoms with van der Waals surface area (Å²) >= 11 is 12.0. The normalized spacial score (nSPS) is 12.5. The van der Waals surface area contributed by atoms with Crippen LogP contribution in [-0.4, -0.2) is 5.11 Å². The summed E-state index contributed by atoms with van der Waals surface area (Å²) in [5, 5.41) is 10.9. The van der Waals surface area contributed by atoms with E-state index in [2.05, 4.69) is 0 Å². The molecule has 5 heteroatoms. The van der Waals surface area contributed by atoms with Crippen LogP contribution in [0.5, 0.6) is 0 Å². The first-order valence-electron chi connectivity index (χ1n) is 5.97. The molecule has 0 fully saturated rings. The molecule has 0 radical (unpaired) electrons. The van der Waals surface area contributed by atoms with Gasteiger partial charge in [0.1, 0.15) is 0 Å². The number of aliphatic hydroxyl groups excluding tert-OH is 1. The van der Waals surface area contributed by atoms with Gasteiger partial charge in [0.15, 0.2) is 11.6 Å². The lowest BCUT2D eigenvalue weighted by molar-refractivity contribution is 0.172. The van der Waals surface area contributed by atoms with Gasteiger partial charge in [0.2, 0.25) is 0 Å². The Morgan fingerprint density at radius 1 is 1.05 bits per heavy atom. The lowest BCUT2D eigenvalue weighted by Crippen LogP contribution is -2.07. The zero-order valence-corrected chi connectivity index (χ0v) is 12.1. The molecule has 0 spiro atoms. The van der Waals surface area contributed by atoms with Gasteiger partial charge in [0.05, 0.1) is 6.10 Å². The quantitative estimate of drug-likeness (QED) is 0.857. The van der Waals surface area contributed by atoms with E-state index in [1.165, 1.54) is 19.1 Å². The first kappa shape index (κ1) is 15.2. The van der Waals surface area contributed by atoms with Gasteiger partial charge >= 0.3 is 0 Å². The van der Waals surface area contributed by atoms with Gasteiger partial charge in [0, 0.05) is 22.0 Å². The van der Waals surface area contributed by atoms with Crippen molar-refractivity contribution in [2.24, 2.45) is 0 Å². The smallest absolute Gasteiger partial charge is 0.164 e. The summed E-state index contributed by atoms with van der Waals surface area (Å²) in [6.07, 6.45) is -1.21. The molecule has 1 atom stereocenters. The van der Waals surface area contributed by atoms with Crippen molar-refractivity contribution in [2.75, 3.05) is 0 Å². The molecular weight excluding hydrogens is 305 g/mol. The Labute approximate surface area is 125 Å². The van der Waals surface area contributed by atoms with E-state index in [1.807, 2.05) is 0 Å². The van der Waals surface area contributed by atoms with Crippen molar-refractivity contribution in [3.05, 3.63) is 68.7 Å². The predicted molar refractivity (Wildman–Crippen MR) is 76.2 cm³/mol. The third kappa shape index (κ3) is 2.95. The molecule has 0 saturated carbocycles. The lowest BCUT2D eigenvalue weighted by Gasteiger charge is -2.15. The van der Waals surface area contributed by atoms with Crippen LogP contribution < -0.4 is 0 Å². The van der Waals surface area contributed by atoms with E-state index < -0.39 is 17.7 Å². The highest BCUT2D eigenvalue weighted by atomic mass is 35.5. The summed E-state index contributed by atoms with van der Waals surface area (Å²) in [7, 11) is 0. The molecule has 1 nitrogen and oxygen atoms in total. The Morgan fingerprint density at radius 2 is 1.65 bits per heavy atom. The van der Waals surface area contributed by atoms with Crippen molar-refractivity contribution in [2.45, 2.75) is 19.4 Å². The highest BCUT2D eigenvalue weighted by molar-refractivity contribution is 6.36. The fourth-order valence-electron chi connectivity index (χ4n) is 1.95. The Bertz CT molecular complexity index is 624. The Balaban J connectivity index is 2.34. The Morgan fingerprint density at radius 3 is 2.25 bits per heavy atom. The second-order valence-corrected chi connectivity index (χ2v) is 5.33. The minimum Gasteiger partial charge on any atom is -0.388 e. The van der Waals surface area contributed by atoms with E-state index in [1.54, 1.807) is 18.2 Å². The van der Waals surface area contributed by atoms with E-state index in [9.17, 15) is 13.9 Å². The SMILES string of the molecule is Cc1ccc(C(O)Cc2c(Cl)cccc2Cl)c(F)c1F. The molecule has 0 amide bonds. The molecular formula is C15H12Cl2F2O. The fourth-order valence-corrected chi connectivity index (χ4v) is 2.50. The molecule has 2 aromatic carbocycles. The molecule has 20 heavy (non-hydrogen) atoms. The third-order valence-electron chi connectivity index (χ3n) is 3.12. The molecule has 0 aliphatic carbocycles. The number of hydrogen-bond donors (Lipinski definition) is 1. The minimum atomic E-state index is -1.22. The molecule has 0 aromatic heterocycles. The average molecular weight is 317 g/mol. The number of halogens is 4. The van der Waals surface area contributed by atoms with Crippen LogP contribution in [0.3, 0.4) is 0 Å². The van der Waals surface area contributed by atoms with Crippen LogP contribution in [0.1, 0.15) is 22.8 Å². The molecule has 0 saturated heterocycles. The predicted octanol–water partition coefficient (Wildman–Crippen LogP) is 4.86. The van der Waals surface area contributed by atoms with Crippen LogP contribution in [-0.2, 0) is 6.42 Å². The van der Waals surface area contributed by atoms with Gasteiger partial charge < -0.3 is 5.11 Å². The zero-order chi connectivity index (χ0) is 14.9. The Hall–Kier alpha value is -1.16. The highest BCUT2D eigenvalue weighted by Crippen LogP contribution is 2.31. The molecule has 106 valence electrons. The molecule has 0 bridgehead atoms. The standard InChI is InChI=1S/C15H12Cl2F2O/c1-8-5-6-9(15(19)14(8)18)13(20)7-10-11(16)3-2-4-12(10)17/h2-6,13,20H,7H2,1H3. The average Bonchev–Trinajstić information content (AvgIpc) is 2.40. The maximum Gasteiger partial charge on any atom is 0.164 e. The summed E-state index contributed by atoms with van der Waals surface area (Å²) in [4.78, 5) is 0. The number of benzene rings is 2. The van der Waals surface area contributed by atoms with E-state index in [-0.39, 0.29) is 17.5 Å². The molecule has 0 aliphatic rings. The minimum absolute atomic E-state index is 0.0118. The topological polar surface area (TPSA) is 20.2 Å². The summed E-state index contributed by atoms with van der Waals surface area (Å²) in [6.45, 7) is 1.46. The molecule has 1 N–H and O–H groups in total. The van der Waals surface area contributed by atoms with E-state index in [4.69, 9.17) is 23.2 Å². The van der Waals surface area contributed by atoms with Crippen molar-refractivity contribution in [3.63, 3.8) is 0 Å². The van der Waals surface area contributed by atoms with Gasteiger partial charge in [-0.05, 0) is 30.2 Å². The molecule has 0 heterocycles. The van der Waals surface area contributed by atoms with Crippen molar-refractivity contribution < 1.29 is 13.9 Å². The summed E-state index contributed by atoms with van der Waals surface area (Å²) in [5.74, 6) is -1.99. The fraction of sp³-hybridized carbons (Fsp3) is 0.200. The molecule has 2 aromatic rings. The first-order valence-corrected chi connectivity index (χ1v) is 6.73. The van der Waals surface area contributed by atoms with Crippen molar-refractivity contribution in [1.29, 1.82) is 0 Å². The zero-order valence-electron chi connectivity index (χ0n) is 10.6. The summed E-state index contributed by atoms with van der Waals surface area (Å²) < 4.78 is 27.3. The van der Waals surface area contributed by atoms with Gasteiger partial charge in [0.25, 0.3) is 0 Å². The maximum atomic E-state index is 13.8. The molecule has 2 rings (SSSR count). The van der Waals surface area contributed by atoms with Gasteiger partial charge in [-0.3, -0.25) is 0 Å². The van der Waals surface area contributed by atoms with E-state index in [0.717, 1.165) is 0 Å². The van der Waals surface area contributed by atoms with Crippen LogP contribution >= 0.6 is 23.2 Å². The largest absolute Gasteiger partial charge is 0.388 e. The first-order chi connectivity index (χ1) is 9.41. The monoisotopic (exact) mass is 316 g/mol. The number of aryl methyl sites for hydroxylation is 1. The van der Waals surface area contributed by atoms with E-state index in [0.29, 0.717) is 15.6 Å². The van der Waals surface area contributed by atoms with Gasteiger partial charge in [-0.1, -0.05) is 41.4 Å². The molecule has 0 aliphatic heterocycles. The lowest BCUT2D eigenvalue weighted by atomic mass is 9.99. The second kappa shape index (κ2) is 6.08. The van der Waals surface area contributed by atoms with Crippen LogP contribution in [0, 0.1) is 18.6 Å². The van der Waals surface area contributed by atoms with Crippen molar-refractivity contribution >= 4 is 23.2 Å². The summed E-state index contributed by atoms with van der Waals surface area (Å²) in [5.41, 5.74) is 0.585. The van der Waals surface area contributed by atoms with Gasteiger partial charge in [-0.15, -0.1) is 0 Å². The molecule has 1 unspecified atom stereocenters. The van der Waals surface area contributed by atoms with Crippen LogP contribution in [0.25, 0.3) is 0 Å². The third-order valence-corrected chi connectivity index (χ3v) is 3.83. The van der Waals surface area contributed by atoms with Crippen molar-refractivity contribution in [1.82, 2.24) is 0 Å². The van der Waals surface area contributed by atoms with Crippen LogP contribution in [0.2, 0.25) is 10.0 Å². The highest BCUT2D eigenvalue weighted by Gasteiger charge is 2.20. The van der Waals surface area contributed by atoms with Crippen molar-refractivity contribution in [3.8, 4) is 0 Å². The van der Waals surface area contributed by atoms with Gasteiger partial charge in [-0.25, -0.2) is 8.78 Å². The summed E-state index contributed by atoms with van der Waals surface area (Å²) in [6, 6.07) is 7.71. The number of hydrogen-bond acceptors (Lipinski definition) is 1. The number of rotatable bonds is 3.